The van der Waals surface area contributed by atoms with Crippen molar-refractivity contribution < 1.29 is 0 Å². The van der Waals surface area contributed by atoms with Crippen molar-refractivity contribution >= 4 is 53.7 Å². The minimum Gasteiger partial charge on any atom is -0.0622 e. The third-order valence-corrected chi connectivity index (χ3v) is 13.5. The highest BCUT2D eigenvalue weighted by molar-refractivity contribution is 7.80. The Morgan fingerprint density at radius 1 is 0.477 bits per heavy atom. The first-order valence-corrected chi connectivity index (χ1v) is 18.2. The zero-order chi connectivity index (χ0) is 29.7. The fourth-order valence-corrected chi connectivity index (χ4v) is 11.5. The van der Waals surface area contributed by atoms with E-state index >= 15 is 0 Å². The number of allylic oxidation sites excluding steroid dienone is 1. The van der Waals surface area contributed by atoms with Crippen molar-refractivity contribution in [2.45, 2.75) is 26.2 Å². The molecule has 0 heterocycles. The number of rotatable bonds is 8. The molecular weight excluding hydrogens is 566 g/mol. The molecule has 0 bridgehead atoms. The minimum absolute atomic E-state index is 0.638. The SMILES string of the molecule is CCc1cccc(P(c2ccccc2)c2ccccc2)c1/C=C1/Cc2cccc(P(c3ccccc3)c3ccccc3)c2C1. The number of benzene rings is 6. The van der Waals surface area contributed by atoms with E-state index in [-0.39, 0.29) is 0 Å². The number of hydrogen-bond donors (Lipinski definition) is 0. The monoisotopic (exact) mass is 602 g/mol. The Balaban J connectivity index is 1.33. The van der Waals surface area contributed by atoms with Crippen LogP contribution >= 0.6 is 15.8 Å². The Morgan fingerprint density at radius 2 is 0.932 bits per heavy atom. The molecule has 7 rings (SSSR count). The largest absolute Gasteiger partial charge is 0.0622 e. The maximum Gasteiger partial charge on any atom is -0.00510 e. The predicted octanol–water partition coefficient (Wildman–Crippen LogP) is 7.95. The summed E-state index contributed by atoms with van der Waals surface area (Å²) in [4.78, 5) is 0. The van der Waals surface area contributed by atoms with Gasteiger partial charge in [0.05, 0.1) is 0 Å². The Hall–Kier alpha value is -4.08. The standard InChI is InChI=1S/C42H36P2/c1-2-33-17-15-27-41(43(35-19-7-3-8-20-35)36-21-9-4-10-22-36)39(33)30-32-29-34-18-16-28-42(40(34)31-32)44(37-23-11-5-12-24-37)38-25-13-6-14-26-38/h3-28,30H,2,29,31H2,1H3/b32-30-. The number of aryl methyl sites for hydroxylation is 1. The van der Waals surface area contributed by atoms with Gasteiger partial charge < -0.3 is 0 Å². The summed E-state index contributed by atoms with van der Waals surface area (Å²) in [6.45, 7) is 2.29. The molecule has 0 aromatic heterocycles. The van der Waals surface area contributed by atoms with Crippen molar-refractivity contribution in [3.05, 3.63) is 186 Å². The summed E-state index contributed by atoms with van der Waals surface area (Å²) in [7, 11) is -1.32. The third-order valence-electron chi connectivity index (χ3n) is 8.51. The average molecular weight is 603 g/mol. The van der Waals surface area contributed by atoms with Crippen LogP contribution in [0.15, 0.2) is 163 Å². The highest BCUT2D eigenvalue weighted by Gasteiger charge is 2.26. The van der Waals surface area contributed by atoms with Gasteiger partial charge in [0.2, 0.25) is 0 Å². The third kappa shape index (κ3) is 5.86. The highest BCUT2D eigenvalue weighted by atomic mass is 31.1. The lowest BCUT2D eigenvalue weighted by molar-refractivity contribution is 1.13. The molecule has 6 aromatic carbocycles. The zero-order valence-corrected chi connectivity index (χ0v) is 26.9. The molecule has 0 unspecified atom stereocenters. The Morgan fingerprint density at radius 3 is 1.43 bits per heavy atom. The first kappa shape index (κ1) is 28.7. The van der Waals surface area contributed by atoms with Crippen LogP contribution in [0, 0.1) is 0 Å². The van der Waals surface area contributed by atoms with E-state index < -0.39 is 15.8 Å². The van der Waals surface area contributed by atoms with Gasteiger partial charge in [0.25, 0.3) is 0 Å². The molecule has 0 nitrogen and oxygen atoms in total. The molecule has 0 saturated heterocycles. The summed E-state index contributed by atoms with van der Waals surface area (Å²) in [5.41, 5.74) is 7.38. The van der Waals surface area contributed by atoms with E-state index in [9.17, 15) is 0 Å². The van der Waals surface area contributed by atoms with Crippen LogP contribution in [0.25, 0.3) is 6.08 Å². The second-order valence-electron chi connectivity index (χ2n) is 11.3. The quantitative estimate of drug-likeness (QED) is 0.155. The fourth-order valence-electron chi connectivity index (χ4n) is 6.47. The second kappa shape index (κ2) is 13.3. The van der Waals surface area contributed by atoms with Crippen molar-refractivity contribution in [3.63, 3.8) is 0 Å². The van der Waals surface area contributed by atoms with Gasteiger partial charge in [-0.1, -0.05) is 176 Å². The van der Waals surface area contributed by atoms with Gasteiger partial charge in [-0.05, 0) is 89.2 Å². The average Bonchev–Trinajstić information content (AvgIpc) is 3.51. The Kier molecular flexibility index (Phi) is 8.65. The fraction of sp³-hybridized carbons (Fsp3) is 0.0952. The van der Waals surface area contributed by atoms with Crippen molar-refractivity contribution in [1.82, 2.24) is 0 Å². The lowest BCUT2D eigenvalue weighted by Gasteiger charge is -2.23. The summed E-state index contributed by atoms with van der Waals surface area (Å²) in [5.74, 6) is 0. The maximum absolute atomic E-state index is 2.56. The van der Waals surface area contributed by atoms with E-state index in [4.69, 9.17) is 0 Å². The van der Waals surface area contributed by atoms with Crippen LogP contribution in [-0.2, 0) is 19.3 Å². The lowest BCUT2D eigenvalue weighted by atomic mass is 10.0. The predicted molar refractivity (Wildman–Crippen MR) is 195 cm³/mol. The van der Waals surface area contributed by atoms with E-state index in [1.807, 2.05) is 0 Å². The van der Waals surface area contributed by atoms with E-state index in [1.165, 1.54) is 59.7 Å². The maximum atomic E-state index is 2.56. The smallest absolute Gasteiger partial charge is 0.00510 e. The molecule has 0 radical (unpaired) electrons. The molecule has 0 atom stereocenters. The molecule has 214 valence electrons. The molecule has 2 heteroatoms. The summed E-state index contributed by atoms with van der Waals surface area (Å²) in [5, 5.41) is 8.57. The topological polar surface area (TPSA) is 0 Å². The zero-order valence-electron chi connectivity index (χ0n) is 25.1. The number of fused-ring (bicyclic) bond motifs is 1. The molecule has 0 spiro atoms. The normalized spacial score (nSPS) is 13.5. The molecule has 1 aliphatic rings. The first-order chi connectivity index (χ1) is 21.8. The van der Waals surface area contributed by atoms with Crippen LogP contribution in [0.4, 0.5) is 0 Å². The van der Waals surface area contributed by atoms with Crippen molar-refractivity contribution in [1.29, 1.82) is 0 Å². The van der Waals surface area contributed by atoms with Gasteiger partial charge in [-0.2, -0.15) is 0 Å². The molecule has 0 amide bonds. The van der Waals surface area contributed by atoms with Crippen LogP contribution in [0.1, 0.15) is 29.2 Å². The molecule has 0 fully saturated rings. The summed E-state index contributed by atoms with van der Waals surface area (Å²) >= 11 is 0. The van der Waals surface area contributed by atoms with E-state index in [0.29, 0.717) is 0 Å². The molecule has 0 N–H and O–H groups in total. The second-order valence-corrected chi connectivity index (χ2v) is 15.7. The van der Waals surface area contributed by atoms with Crippen molar-refractivity contribution in [2.24, 2.45) is 0 Å². The minimum atomic E-state index is -0.686. The van der Waals surface area contributed by atoms with Crippen molar-refractivity contribution in [2.75, 3.05) is 0 Å². The Bertz CT molecular complexity index is 1800. The van der Waals surface area contributed by atoms with Gasteiger partial charge in [-0.3, -0.25) is 0 Å². The van der Waals surface area contributed by atoms with Crippen LogP contribution in [0.2, 0.25) is 0 Å². The summed E-state index contributed by atoms with van der Waals surface area (Å²) in [6, 6.07) is 58.4. The molecule has 0 saturated carbocycles. The van der Waals surface area contributed by atoms with Gasteiger partial charge in [-0.15, -0.1) is 0 Å². The van der Waals surface area contributed by atoms with Crippen LogP contribution in [0.5, 0.6) is 0 Å². The molecule has 0 aliphatic heterocycles. The van der Waals surface area contributed by atoms with Crippen LogP contribution in [-0.4, -0.2) is 0 Å². The van der Waals surface area contributed by atoms with E-state index in [1.54, 1.807) is 0 Å². The first-order valence-electron chi connectivity index (χ1n) is 15.5. The van der Waals surface area contributed by atoms with Crippen molar-refractivity contribution in [3.8, 4) is 0 Å². The highest BCUT2D eigenvalue weighted by Crippen LogP contribution is 2.40. The molecule has 1 aliphatic carbocycles. The van der Waals surface area contributed by atoms with Gasteiger partial charge in [0.1, 0.15) is 0 Å². The number of hydrogen-bond acceptors (Lipinski definition) is 0. The molecular formula is C42H36P2. The van der Waals surface area contributed by atoms with E-state index in [2.05, 4.69) is 171 Å². The molecule has 44 heavy (non-hydrogen) atoms. The van der Waals surface area contributed by atoms with Crippen LogP contribution < -0.4 is 31.8 Å². The van der Waals surface area contributed by atoms with Crippen LogP contribution in [0.3, 0.4) is 0 Å². The summed E-state index contributed by atoms with van der Waals surface area (Å²) < 4.78 is 0. The lowest BCUT2D eigenvalue weighted by Crippen LogP contribution is -2.23. The van der Waals surface area contributed by atoms with Gasteiger partial charge in [0, 0.05) is 0 Å². The van der Waals surface area contributed by atoms with Gasteiger partial charge >= 0.3 is 0 Å². The van der Waals surface area contributed by atoms with Gasteiger partial charge in [-0.25, -0.2) is 0 Å². The molecule has 6 aromatic rings. The summed E-state index contributed by atoms with van der Waals surface area (Å²) in [6.07, 6.45) is 5.61. The van der Waals surface area contributed by atoms with E-state index in [0.717, 1.165) is 19.3 Å². The Labute approximate surface area is 264 Å². The van der Waals surface area contributed by atoms with Gasteiger partial charge in [0.15, 0.2) is 0 Å².